The summed E-state index contributed by atoms with van der Waals surface area (Å²) in [5, 5.41) is 12.2. The maximum Gasteiger partial charge on any atom is 0.335 e. The van der Waals surface area contributed by atoms with Gasteiger partial charge in [-0.2, -0.15) is 0 Å². The number of carboxylic acid groups (broad SMARTS) is 1. The van der Waals surface area contributed by atoms with Crippen LogP contribution in [-0.2, 0) is 14.4 Å². The number of carbonyl (C=O) groups excluding carboxylic acids is 3. The van der Waals surface area contributed by atoms with Crippen LogP contribution in [0.25, 0.3) is 0 Å². The second kappa shape index (κ2) is 7.38. The van der Waals surface area contributed by atoms with Crippen LogP contribution in [0.4, 0.5) is 17.1 Å². The Morgan fingerprint density at radius 1 is 1.00 bits per heavy atom. The van der Waals surface area contributed by atoms with Gasteiger partial charge in [-0.25, -0.2) is 9.69 Å². The number of rotatable bonds is 5. The predicted molar refractivity (Wildman–Crippen MR) is 106 cm³/mol. The summed E-state index contributed by atoms with van der Waals surface area (Å²) in [5.41, 5.74) is 1.62. The number of carboxylic acids is 1. The van der Waals surface area contributed by atoms with Gasteiger partial charge in [0.25, 0.3) is 5.91 Å². The molecule has 2 aliphatic heterocycles. The van der Waals surface area contributed by atoms with Crippen LogP contribution in [0.5, 0.6) is 0 Å². The zero-order valence-electron chi connectivity index (χ0n) is 15.5. The molecule has 0 spiro atoms. The van der Waals surface area contributed by atoms with E-state index < -0.39 is 23.8 Å². The number of hydrogen-bond donors (Lipinski definition) is 2. The summed E-state index contributed by atoms with van der Waals surface area (Å²) >= 11 is 0. The molecule has 0 bridgehead atoms. The van der Waals surface area contributed by atoms with Crippen molar-refractivity contribution in [2.75, 3.05) is 21.7 Å². The van der Waals surface area contributed by atoms with Gasteiger partial charge in [-0.3, -0.25) is 14.4 Å². The molecule has 0 radical (unpaired) electrons. The second-order valence-electron chi connectivity index (χ2n) is 7.02. The van der Waals surface area contributed by atoms with E-state index in [1.807, 2.05) is 6.07 Å². The van der Waals surface area contributed by atoms with E-state index in [0.717, 1.165) is 17.0 Å². The van der Waals surface area contributed by atoms with Crippen molar-refractivity contribution in [3.8, 4) is 0 Å². The third-order valence-corrected chi connectivity index (χ3v) is 5.07. The Bertz CT molecular complexity index is 1020. The largest absolute Gasteiger partial charge is 0.478 e. The van der Waals surface area contributed by atoms with E-state index in [2.05, 4.69) is 5.32 Å². The van der Waals surface area contributed by atoms with Gasteiger partial charge in [-0.1, -0.05) is 12.1 Å². The molecule has 148 valence electrons. The van der Waals surface area contributed by atoms with E-state index in [1.165, 1.54) is 24.3 Å². The number of nitrogens with one attached hydrogen (secondary N) is 1. The van der Waals surface area contributed by atoms with Gasteiger partial charge in [-0.15, -0.1) is 0 Å². The summed E-state index contributed by atoms with van der Waals surface area (Å²) in [7, 11) is 0. The summed E-state index contributed by atoms with van der Waals surface area (Å²) in [4.78, 5) is 51.1. The van der Waals surface area contributed by atoms with Crippen molar-refractivity contribution in [2.45, 2.75) is 25.3 Å². The van der Waals surface area contributed by atoms with E-state index in [0.29, 0.717) is 18.7 Å². The van der Waals surface area contributed by atoms with Gasteiger partial charge < -0.3 is 15.3 Å². The van der Waals surface area contributed by atoms with Crippen molar-refractivity contribution in [1.29, 1.82) is 0 Å². The minimum Gasteiger partial charge on any atom is -0.478 e. The third kappa shape index (κ3) is 3.56. The zero-order valence-corrected chi connectivity index (χ0v) is 15.5. The first-order valence-corrected chi connectivity index (χ1v) is 9.31. The fourth-order valence-electron chi connectivity index (χ4n) is 3.68. The molecule has 2 aromatic rings. The van der Waals surface area contributed by atoms with E-state index in [9.17, 15) is 19.2 Å². The van der Waals surface area contributed by atoms with Crippen LogP contribution in [0, 0.1) is 0 Å². The lowest BCUT2D eigenvalue weighted by molar-refractivity contribution is -0.121. The summed E-state index contributed by atoms with van der Waals surface area (Å²) in [6, 6.07) is 12.2. The van der Waals surface area contributed by atoms with Crippen LogP contribution < -0.4 is 15.1 Å². The van der Waals surface area contributed by atoms with Crippen LogP contribution in [-0.4, -0.2) is 41.4 Å². The van der Waals surface area contributed by atoms with Crippen molar-refractivity contribution in [1.82, 2.24) is 0 Å². The van der Waals surface area contributed by atoms with Crippen molar-refractivity contribution in [3.63, 3.8) is 0 Å². The fourth-order valence-corrected chi connectivity index (χ4v) is 3.68. The standard InChI is InChI=1S/C21H19N3O5/c25-18-8-3-9-23(18)15-6-2-5-14(11-15)22-17-12-19(26)24(20(17)27)16-7-1-4-13(10-16)21(28)29/h1-2,4-7,10-11,17,22H,3,8-9,12H2,(H,28,29)/t17-/m0/s1. The summed E-state index contributed by atoms with van der Waals surface area (Å²) in [6.07, 6.45) is 1.30. The number of benzene rings is 2. The minimum atomic E-state index is -1.13. The number of aromatic carboxylic acids is 1. The zero-order chi connectivity index (χ0) is 20.5. The van der Waals surface area contributed by atoms with Crippen LogP contribution in [0.3, 0.4) is 0 Å². The summed E-state index contributed by atoms with van der Waals surface area (Å²) in [6.45, 7) is 0.664. The molecule has 0 aromatic heterocycles. The van der Waals surface area contributed by atoms with Gasteiger partial charge in [0.1, 0.15) is 6.04 Å². The molecule has 2 heterocycles. The Morgan fingerprint density at radius 3 is 2.48 bits per heavy atom. The average Bonchev–Trinajstić information content (AvgIpc) is 3.25. The molecular formula is C21H19N3O5. The van der Waals surface area contributed by atoms with Crippen molar-refractivity contribution in [3.05, 3.63) is 54.1 Å². The fraction of sp³-hybridized carbons (Fsp3) is 0.238. The second-order valence-corrected chi connectivity index (χ2v) is 7.02. The molecule has 3 amide bonds. The molecule has 0 saturated carbocycles. The van der Waals surface area contributed by atoms with Crippen molar-refractivity contribution >= 4 is 40.8 Å². The Kier molecular flexibility index (Phi) is 4.75. The highest BCUT2D eigenvalue weighted by atomic mass is 16.4. The molecule has 8 heteroatoms. The highest BCUT2D eigenvalue weighted by Gasteiger charge is 2.39. The van der Waals surface area contributed by atoms with Gasteiger partial charge in [0.2, 0.25) is 11.8 Å². The highest BCUT2D eigenvalue weighted by Crippen LogP contribution is 2.28. The third-order valence-electron chi connectivity index (χ3n) is 5.07. The number of amides is 3. The van der Waals surface area contributed by atoms with Crippen molar-refractivity contribution in [2.24, 2.45) is 0 Å². The summed E-state index contributed by atoms with van der Waals surface area (Å²) in [5.74, 6) is -1.91. The quantitative estimate of drug-likeness (QED) is 0.755. The molecular weight excluding hydrogens is 374 g/mol. The van der Waals surface area contributed by atoms with Crippen molar-refractivity contribution < 1.29 is 24.3 Å². The Hall–Kier alpha value is -3.68. The molecule has 8 nitrogen and oxygen atoms in total. The molecule has 0 unspecified atom stereocenters. The Balaban J connectivity index is 1.53. The summed E-state index contributed by atoms with van der Waals surface area (Å²) < 4.78 is 0. The molecule has 2 N–H and O–H groups in total. The molecule has 2 fully saturated rings. The molecule has 4 rings (SSSR count). The first-order chi connectivity index (χ1) is 13.9. The van der Waals surface area contributed by atoms with Gasteiger partial charge in [0, 0.05) is 24.3 Å². The SMILES string of the molecule is O=C(O)c1cccc(N2C(=O)C[C@H](Nc3cccc(N4CCCC4=O)c3)C2=O)c1. The van der Waals surface area contributed by atoms with Gasteiger partial charge in [0.05, 0.1) is 17.7 Å². The molecule has 0 aliphatic carbocycles. The van der Waals surface area contributed by atoms with E-state index in [1.54, 1.807) is 23.1 Å². The molecule has 2 aliphatic rings. The lowest BCUT2D eigenvalue weighted by Gasteiger charge is -2.19. The van der Waals surface area contributed by atoms with E-state index in [-0.39, 0.29) is 23.6 Å². The normalized spacial score (nSPS) is 19.2. The topological polar surface area (TPSA) is 107 Å². The predicted octanol–water partition coefficient (Wildman–Crippen LogP) is 2.26. The maximum absolute atomic E-state index is 12.8. The Morgan fingerprint density at radius 2 is 1.76 bits per heavy atom. The maximum atomic E-state index is 12.8. The first-order valence-electron chi connectivity index (χ1n) is 9.31. The van der Waals surface area contributed by atoms with Crippen LogP contribution in [0.15, 0.2) is 48.5 Å². The molecule has 2 aromatic carbocycles. The smallest absolute Gasteiger partial charge is 0.335 e. The number of carbonyl (C=O) groups is 4. The number of imide groups is 1. The van der Waals surface area contributed by atoms with Gasteiger partial charge in [0.15, 0.2) is 0 Å². The molecule has 2 saturated heterocycles. The lowest BCUT2D eigenvalue weighted by Crippen LogP contribution is -2.35. The number of nitrogens with zero attached hydrogens (tertiary/aromatic N) is 2. The monoisotopic (exact) mass is 393 g/mol. The van der Waals surface area contributed by atoms with Gasteiger partial charge in [-0.05, 0) is 42.8 Å². The average molecular weight is 393 g/mol. The van der Waals surface area contributed by atoms with Crippen LogP contribution in [0.1, 0.15) is 29.6 Å². The van der Waals surface area contributed by atoms with Crippen LogP contribution in [0.2, 0.25) is 0 Å². The number of hydrogen-bond acceptors (Lipinski definition) is 5. The van der Waals surface area contributed by atoms with E-state index >= 15 is 0 Å². The molecule has 29 heavy (non-hydrogen) atoms. The number of anilines is 3. The molecule has 1 atom stereocenters. The van der Waals surface area contributed by atoms with Crippen LogP contribution >= 0.6 is 0 Å². The first kappa shape index (κ1) is 18.7. The highest BCUT2D eigenvalue weighted by molar-refractivity contribution is 6.23. The lowest BCUT2D eigenvalue weighted by atomic mass is 10.2. The van der Waals surface area contributed by atoms with E-state index in [4.69, 9.17) is 5.11 Å². The Labute approximate surface area is 166 Å². The minimum absolute atomic E-state index is 0.00231. The van der Waals surface area contributed by atoms with Gasteiger partial charge >= 0.3 is 5.97 Å².